The fraction of sp³-hybridized carbons (Fsp3) is 0.370. The number of anilines is 1. The third-order valence-corrected chi connectivity index (χ3v) is 6.10. The number of nitrogens with one attached hydrogen (secondary N) is 2. The van der Waals surface area contributed by atoms with E-state index in [2.05, 4.69) is 27.7 Å². The molecule has 2 N–H and O–H groups in total. The number of aromatic nitrogens is 1. The fourth-order valence-electron chi connectivity index (χ4n) is 4.30. The second kappa shape index (κ2) is 11.4. The van der Waals surface area contributed by atoms with Crippen molar-refractivity contribution in [1.82, 2.24) is 15.2 Å². The number of nitriles is 1. The molecule has 2 aromatic carbocycles. The number of likely N-dealkylation sites (tertiary alicyclic amines) is 1. The van der Waals surface area contributed by atoms with E-state index in [4.69, 9.17) is 10.2 Å². The molecule has 0 radical (unpaired) electrons. The van der Waals surface area contributed by atoms with Crippen molar-refractivity contribution in [2.45, 2.75) is 32.1 Å². The first-order chi connectivity index (χ1) is 16.2. The van der Waals surface area contributed by atoms with Crippen LogP contribution in [0, 0.1) is 11.3 Å². The molecule has 6 nitrogen and oxygen atoms in total. The lowest BCUT2D eigenvalue weighted by atomic mass is 10.1. The summed E-state index contributed by atoms with van der Waals surface area (Å²) in [4.78, 5) is 19.6. The van der Waals surface area contributed by atoms with Crippen LogP contribution in [0.25, 0.3) is 22.2 Å². The standard InChI is InChI=1S/C27H31N5O/c28-14-6-15-30-27(33)22-12-10-21(11-13-22)25-20-26(23-8-2-3-9-24(23)31-25)29-16-7-19-32-17-4-1-5-18-32/h2-3,8-13,20H,1,4-7,15-19H2,(H,29,31)(H,30,33). The summed E-state index contributed by atoms with van der Waals surface area (Å²) in [5.74, 6) is -0.167. The molecule has 3 aromatic rings. The summed E-state index contributed by atoms with van der Waals surface area (Å²) in [6, 6.07) is 19.8. The van der Waals surface area contributed by atoms with Gasteiger partial charge in [-0.3, -0.25) is 4.79 Å². The van der Waals surface area contributed by atoms with Gasteiger partial charge in [0.1, 0.15) is 0 Å². The summed E-state index contributed by atoms with van der Waals surface area (Å²) in [5.41, 5.74) is 4.46. The van der Waals surface area contributed by atoms with Crippen molar-refractivity contribution < 1.29 is 4.79 Å². The van der Waals surface area contributed by atoms with Gasteiger partial charge in [-0.2, -0.15) is 5.26 Å². The highest BCUT2D eigenvalue weighted by Crippen LogP contribution is 2.28. The van der Waals surface area contributed by atoms with Gasteiger partial charge in [0, 0.05) is 35.3 Å². The number of pyridine rings is 1. The van der Waals surface area contributed by atoms with Gasteiger partial charge in [-0.25, -0.2) is 4.98 Å². The zero-order valence-corrected chi connectivity index (χ0v) is 19.0. The number of rotatable bonds is 9. The van der Waals surface area contributed by atoms with Crippen LogP contribution in [-0.2, 0) is 0 Å². The van der Waals surface area contributed by atoms with Gasteiger partial charge in [-0.1, -0.05) is 36.8 Å². The van der Waals surface area contributed by atoms with Crippen molar-refractivity contribution >= 4 is 22.5 Å². The highest BCUT2D eigenvalue weighted by Gasteiger charge is 2.11. The highest BCUT2D eigenvalue weighted by atomic mass is 16.1. The molecule has 33 heavy (non-hydrogen) atoms. The summed E-state index contributed by atoms with van der Waals surface area (Å²) in [6.07, 6.45) is 5.44. The molecule has 170 valence electrons. The summed E-state index contributed by atoms with van der Waals surface area (Å²) < 4.78 is 0. The minimum Gasteiger partial charge on any atom is -0.384 e. The van der Waals surface area contributed by atoms with Crippen molar-refractivity contribution in [3.05, 3.63) is 60.2 Å². The third-order valence-electron chi connectivity index (χ3n) is 6.10. The molecule has 1 saturated heterocycles. The van der Waals surface area contributed by atoms with Gasteiger partial charge in [-0.05, 0) is 63.2 Å². The van der Waals surface area contributed by atoms with Crippen LogP contribution in [0.15, 0.2) is 54.6 Å². The first-order valence-corrected chi connectivity index (χ1v) is 11.9. The van der Waals surface area contributed by atoms with E-state index in [0.29, 0.717) is 18.5 Å². The van der Waals surface area contributed by atoms with Crippen LogP contribution < -0.4 is 10.6 Å². The molecule has 1 fully saturated rings. The van der Waals surface area contributed by atoms with Crippen LogP contribution in [0.2, 0.25) is 0 Å². The first-order valence-electron chi connectivity index (χ1n) is 11.9. The number of nitrogens with zero attached hydrogens (tertiary/aromatic N) is 3. The fourth-order valence-corrected chi connectivity index (χ4v) is 4.30. The lowest BCUT2D eigenvalue weighted by molar-refractivity contribution is 0.0954. The lowest BCUT2D eigenvalue weighted by Crippen LogP contribution is -2.31. The summed E-state index contributed by atoms with van der Waals surface area (Å²) in [7, 11) is 0. The Bertz CT molecular complexity index is 1110. The molecule has 1 aromatic heterocycles. The van der Waals surface area contributed by atoms with Crippen LogP contribution in [0.4, 0.5) is 5.69 Å². The number of carbonyl (C=O) groups excluding carboxylic acids is 1. The molecule has 0 saturated carbocycles. The smallest absolute Gasteiger partial charge is 0.251 e. The zero-order chi connectivity index (χ0) is 22.9. The van der Waals surface area contributed by atoms with E-state index in [9.17, 15) is 4.79 Å². The van der Waals surface area contributed by atoms with Crippen molar-refractivity contribution in [2.75, 3.05) is 38.0 Å². The van der Waals surface area contributed by atoms with Crippen molar-refractivity contribution in [3.8, 4) is 17.3 Å². The third kappa shape index (κ3) is 6.09. The number of piperidine rings is 1. The Labute approximate surface area is 195 Å². The molecule has 1 amide bonds. The van der Waals surface area contributed by atoms with Gasteiger partial charge < -0.3 is 15.5 Å². The maximum atomic E-state index is 12.2. The number of fused-ring (bicyclic) bond motifs is 1. The molecule has 0 aliphatic carbocycles. The maximum Gasteiger partial charge on any atom is 0.251 e. The Morgan fingerprint density at radius 3 is 2.61 bits per heavy atom. The van der Waals surface area contributed by atoms with E-state index in [1.165, 1.54) is 32.4 Å². The van der Waals surface area contributed by atoms with Crippen molar-refractivity contribution in [3.63, 3.8) is 0 Å². The van der Waals surface area contributed by atoms with Gasteiger partial charge in [0.15, 0.2) is 0 Å². The number of para-hydroxylation sites is 1. The Kier molecular flexibility index (Phi) is 7.89. The molecular formula is C27H31N5O. The van der Waals surface area contributed by atoms with E-state index in [1.54, 1.807) is 12.1 Å². The van der Waals surface area contributed by atoms with E-state index in [0.717, 1.165) is 47.4 Å². The molecule has 0 spiro atoms. The Morgan fingerprint density at radius 2 is 1.82 bits per heavy atom. The molecule has 4 rings (SSSR count). The van der Waals surface area contributed by atoms with Crippen LogP contribution in [0.5, 0.6) is 0 Å². The topological polar surface area (TPSA) is 81.0 Å². The summed E-state index contributed by atoms with van der Waals surface area (Å²) in [5, 5.41) is 16.1. The molecule has 2 heterocycles. The average molecular weight is 442 g/mol. The molecule has 6 heteroatoms. The van der Waals surface area contributed by atoms with Crippen LogP contribution >= 0.6 is 0 Å². The highest BCUT2D eigenvalue weighted by molar-refractivity contribution is 5.96. The van der Waals surface area contributed by atoms with E-state index in [1.807, 2.05) is 36.4 Å². The summed E-state index contributed by atoms with van der Waals surface area (Å²) >= 11 is 0. The Hall–Kier alpha value is -3.43. The largest absolute Gasteiger partial charge is 0.384 e. The van der Waals surface area contributed by atoms with E-state index < -0.39 is 0 Å². The van der Waals surface area contributed by atoms with Crippen LogP contribution in [-0.4, -0.2) is 48.5 Å². The number of amides is 1. The van der Waals surface area contributed by atoms with Gasteiger partial charge in [0.05, 0.1) is 23.7 Å². The Balaban J connectivity index is 1.46. The number of carbonyl (C=O) groups is 1. The molecule has 0 atom stereocenters. The molecular weight excluding hydrogens is 410 g/mol. The second-order valence-corrected chi connectivity index (χ2v) is 8.50. The minimum atomic E-state index is -0.167. The summed E-state index contributed by atoms with van der Waals surface area (Å²) in [6.45, 7) is 4.88. The molecule has 0 unspecified atom stereocenters. The minimum absolute atomic E-state index is 0.167. The molecule has 1 aliphatic rings. The SMILES string of the molecule is N#CCCNC(=O)c1ccc(-c2cc(NCCCN3CCCCC3)c3ccccc3n2)cc1. The second-order valence-electron chi connectivity index (χ2n) is 8.50. The quantitative estimate of drug-likeness (QED) is 0.465. The van der Waals surface area contributed by atoms with Crippen LogP contribution in [0.3, 0.4) is 0 Å². The normalized spacial score (nSPS) is 14.0. The monoisotopic (exact) mass is 441 g/mol. The van der Waals surface area contributed by atoms with Crippen molar-refractivity contribution in [1.29, 1.82) is 5.26 Å². The van der Waals surface area contributed by atoms with Gasteiger partial charge in [-0.15, -0.1) is 0 Å². The predicted octanol–water partition coefficient (Wildman–Crippen LogP) is 4.83. The average Bonchev–Trinajstić information content (AvgIpc) is 2.87. The van der Waals surface area contributed by atoms with Crippen LogP contribution in [0.1, 0.15) is 42.5 Å². The molecule has 0 bridgehead atoms. The van der Waals surface area contributed by atoms with Gasteiger partial charge >= 0.3 is 0 Å². The Morgan fingerprint density at radius 1 is 1.03 bits per heavy atom. The zero-order valence-electron chi connectivity index (χ0n) is 19.0. The van der Waals surface area contributed by atoms with E-state index in [-0.39, 0.29) is 5.91 Å². The molecule has 1 aliphatic heterocycles. The number of benzene rings is 2. The number of hydrogen-bond donors (Lipinski definition) is 2. The number of hydrogen-bond acceptors (Lipinski definition) is 5. The predicted molar refractivity (Wildman–Crippen MR) is 133 cm³/mol. The van der Waals surface area contributed by atoms with Crippen molar-refractivity contribution in [2.24, 2.45) is 0 Å². The lowest BCUT2D eigenvalue weighted by Gasteiger charge is -2.26. The first kappa shape index (κ1) is 22.8. The van der Waals surface area contributed by atoms with Gasteiger partial charge in [0.2, 0.25) is 0 Å². The maximum absolute atomic E-state index is 12.2. The van der Waals surface area contributed by atoms with Gasteiger partial charge in [0.25, 0.3) is 5.91 Å². The van der Waals surface area contributed by atoms with E-state index >= 15 is 0 Å².